The average Bonchev–Trinajstić information content (AvgIpc) is 2.21. The zero-order valence-corrected chi connectivity index (χ0v) is 9.95. The van der Waals surface area contributed by atoms with Crippen molar-refractivity contribution < 1.29 is 9.53 Å². The van der Waals surface area contributed by atoms with Gasteiger partial charge < -0.3 is 10.1 Å². The van der Waals surface area contributed by atoms with Crippen molar-refractivity contribution >= 4 is 29.0 Å². The smallest absolute Gasteiger partial charge is 0.178 e. The molecule has 0 heterocycles. The van der Waals surface area contributed by atoms with Crippen LogP contribution >= 0.6 is 23.2 Å². The van der Waals surface area contributed by atoms with E-state index in [1.165, 1.54) is 19.2 Å². The molecule has 0 saturated carbocycles. The number of methoxy groups -OCH3 is 1. The Morgan fingerprint density at radius 1 is 1.40 bits per heavy atom. The van der Waals surface area contributed by atoms with E-state index in [4.69, 9.17) is 27.9 Å². The first-order chi connectivity index (χ1) is 7.10. The molecule has 1 aromatic carbocycles. The van der Waals surface area contributed by atoms with Gasteiger partial charge in [0, 0.05) is 11.6 Å². The number of hydrogen-bond acceptors (Lipinski definition) is 3. The molecule has 0 radical (unpaired) electrons. The van der Waals surface area contributed by atoms with Crippen molar-refractivity contribution in [2.45, 2.75) is 0 Å². The quantitative estimate of drug-likeness (QED) is 0.831. The van der Waals surface area contributed by atoms with Crippen LogP contribution in [0.2, 0.25) is 10.0 Å². The van der Waals surface area contributed by atoms with Gasteiger partial charge in [-0.25, -0.2) is 0 Å². The van der Waals surface area contributed by atoms with E-state index in [9.17, 15) is 4.79 Å². The molecule has 0 atom stereocenters. The summed E-state index contributed by atoms with van der Waals surface area (Å²) < 4.78 is 4.98. The molecule has 3 nitrogen and oxygen atoms in total. The van der Waals surface area contributed by atoms with Gasteiger partial charge in [-0.15, -0.1) is 0 Å². The van der Waals surface area contributed by atoms with E-state index in [0.29, 0.717) is 21.4 Å². The first kappa shape index (κ1) is 12.3. The van der Waals surface area contributed by atoms with E-state index in [1.54, 1.807) is 7.05 Å². The summed E-state index contributed by atoms with van der Waals surface area (Å²) in [6, 6.07) is 3.05. The Kier molecular flexibility index (Phi) is 4.39. The normalized spacial score (nSPS) is 10.1. The van der Waals surface area contributed by atoms with Crippen molar-refractivity contribution in [1.82, 2.24) is 5.32 Å². The Hall–Kier alpha value is -0.770. The van der Waals surface area contributed by atoms with Crippen LogP contribution in [0.3, 0.4) is 0 Å². The number of carbonyl (C=O) groups is 1. The summed E-state index contributed by atoms with van der Waals surface area (Å²) in [5, 5.41) is 3.48. The lowest BCUT2D eigenvalue weighted by molar-refractivity contribution is 0.0993. The summed E-state index contributed by atoms with van der Waals surface area (Å²) in [4.78, 5) is 11.6. The van der Waals surface area contributed by atoms with Crippen LogP contribution in [0, 0.1) is 0 Å². The maximum absolute atomic E-state index is 11.6. The fourth-order valence-corrected chi connectivity index (χ4v) is 1.65. The molecule has 0 unspecified atom stereocenters. The van der Waals surface area contributed by atoms with Gasteiger partial charge in [-0.05, 0) is 13.1 Å². The Bertz CT molecular complexity index is 380. The number of benzene rings is 1. The fourth-order valence-electron chi connectivity index (χ4n) is 1.15. The molecule has 0 aliphatic heterocycles. The van der Waals surface area contributed by atoms with E-state index < -0.39 is 0 Å². The lowest BCUT2D eigenvalue weighted by atomic mass is 10.1. The predicted octanol–water partition coefficient (Wildman–Crippen LogP) is 2.40. The minimum atomic E-state index is -0.105. The van der Waals surface area contributed by atoms with Gasteiger partial charge in [0.25, 0.3) is 0 Å². The van der Waals surface area contributed by atoms with Gasteiger partial charge in [0.05, 0.1) is 23.7 Å². The van der Waals surface area contributed by atoms with Crippen LogP contribution in [0.1, 0.15) is 10.4 Å². The predicted molar refractivity (Wildman–Crippen MR) is 61.3 cm³/mol. The zero-order valence-electron chi connectivity index (χ0n) is 8.43. The molecule has 0 amide bonds. The highest BCUT2D eigenvalue weighted by molar-refractivity contribution is 6.36. The average molecular weight is 248 g/mol. The van der Waals surface area contributed by atoms with Gasteiger partial charge in [0.15, 0.2) is 5.78 Å². The number of ketones is 1. The van der Waals surface area contributed by atoms with Crippen LogP contribution in [-0.4, -0.2) is 26.5 Å². The highest BCUT2D eigenvalue weighted by atomic mass is 35.5. The van der Waals surface area contributed by atoms with Crippen LogP contribution < -0.4 is 10.1 Å². The molecule has 15 heavy (non-hydrogen) atoms. The first-order valence-electron chi connectivity index (χ1n) is 4.31. The van der Waals surface area contributed by atoms with Gasteiger partial charge in [0.1, 0.15) is 5.75 Å². The second-order valence-electron chi connectivity index (χ2n) is 2.92. The third-order valence-corrected chi connectivity index (χ3v) is 2.49. The number of Topliss-reactive ketones (excluding diaryl/α,β-unsaturated/α-hetero) is 1. The topological polar surface area (TPSA) is 38.3 Å². The lowest BCUT2D eigenvalue weighted by Crippen LogP contribution is -2.18. The summed E-state index contributed by atoms with van der Waals surface area (Å²) in [7, 11) is 3.18. The second kappa shape index (κ2) is 5.35. The molecule has 0 bridgehead atoms. The maximum atomic E-state index is 11.6. The molecular weight excluding hydrogens is 237 g/mol. The Labute approximate surface area is 98.3 Å². The second-order valence-corrected chi connectivity index (χ2v) is 3.73. The number of carbonyl (C=O) groups excluding carboxylic acids is 1. The van der Waals surface area contributed by atoms with Crippen LogP contribution in [0.4, 0.5) is 0 Å². The highest BCUT2D eigenvalue weighted by Gasteiger charge is 2.13. The van der Waals surface area contributed by atoms with E-state index in [-0.39, 0.29) is 12.3 Å². The number of hydrogen-bond donors (Lipinski definition) is 1. The van der Waals surface area contributed by atoms with Crippen LogP contribution in [0.15, 0.2) is 12.1 Å². The van der Waals surface area contributed by atoms with E-state index >= 15 is 0 Å². The Balaban J connectivity index is 3.10. The summed E-state index contributed by atoms with van der Waals surface area (Å²) in [6.45, 7) is 0.225. The molecule has 0 saturated heterocycles. The number of nitrogens with one attached hydrogen (secondary N) is 1. The molecule has 0 aliphatic carbocycles. The van der Waals surface area contributed by atoms with Gasteiger partial charge in [-0.3, -0.25) is 4.79 Å². The maximum Gasteiger partial charge on any atom is 0.178 e. The van der Waals surface area contributed by atoms with Crippen molar-refractivity contribution in [2.24, 2.45) is 0 Å². The van der Waals surface area contributed by atoms with Gasteiger partial charge in [0.2, 0.25) is 0 Å². The van der Waals surface area contributed by atoms with Crippen molar-refractivity contribution in [3.05, 3.63) is 27.7 Å². The van der Waals surface area contributed by atoms with Gasteiger partial charge >= 0.3 is 0 Å². The summed E-state index contributed by atoms with van der Waals surface area (Å²) in [5.41, 5.74) is 0.400. The molecule has 0 aromatic heterocycles. The number of rotatable bonds is 4. The van der Waals surface area contributed by atoms with E-state index in [1.807, 2.05) is 0 Å². The number of likely N-dealkylation sites (N-methyl/N-ethyl adjacent to an activating group) is 1. The molecule has 82 valence electrons. The fraction of sp³-hybridized carbons (Fsp3) is 0.300. The largest absolute Gasteiger partial charge is 0.495 e. The van der Waals surface area contributed by atoms with Gasteiger partial charge in [-0.1, -0.05) is 23.2 Å². The standard InChI is InChI=1S/C10H11Cl2NO2/c1-13-5-9(14)6-3-8(12)10(15-2)4-7(6)11/h3-4,13H,5H2,1-2H3. The third kappa shape index (κ3) is 2.84. The monoisotopic (exact) mass is 247 g/mol. The molecule has 0 aliphatic rings. The molecule has 1 aromatic rings. The van der Waals surface area contributed by atoms with Gasteiger partial charge in [-0.2, -0.15) is 0 Å². The van der Waals surface area contributed by atoms with Crippen molar-refractivity contribution in [3.8, 4) is 5.75 Å². The summed E-state index contributed by atoms with van der Waals surface area (Å²) in [6.07, 6.45) is 0. The summed E-state index contributed by atoms with van der Waals surface area (Å²) in [5.74, 6) is 0.356. The van der Waals surface area contributed by atoms with Crippen LogP contribution in [-0.2, 0) is 0 Å². The Morgan fingerprint density at radius 2 is 2.07 bits per heavy atom. The minimum Gasteiger partial charge on any atom is -0.495 e. The first-order valence-corrected chi connectivity index (χ1v) is 5.06. The lowest BCUT2D eigenvalue weighted by Gasteiger charge is -2.07. The molecule has 0 spiro atoms. The third-order valence-electron chi connectivity index (χ3n) is 1.88. The van der Waals surface area contributed by atoms with Crippen molar-refractivity contribution in [3.63, 3.8) is 0 Å². The summed E-state index contributed by atoms with van der Waals surface area (Å²) >= 11 is 11.8. The van der Waals surface area contributed by atoms with E-state index in [2.05, 4.69) is 5.32 Å². The Morgan fingerprint density at radius 3 is 2.60 bits per heavy atom. The number of halogens is 2. The molecule has 0 fully saturated rings. The van der Waals surface area contributed by atoms with Crippen molar-refractivity contribution in [2.75, 3.05) is 20.7 Å². The molecule has 1 N–H and O–H groups in total. The minimum absolute atomic E-state index is 0.105. The molecular formula is C10H11Cl2NO2. The van der Waals surface area contributed by atoms with Crippen LogP contribution in [0.5, 0.6) is 5.75 Å². The molecule has 1 rings (SSSR count). The molecule has 5 heteroatoms. The van der Waals surface area contributed by atoms with Crippen molar-refractivity contribution in [1.29, 1.82) is 0 Å². The number of ether oxygens (including phenoxy) is 1. The zero-order chi connectivity index (χ0) is 11.4. The van der Waals surface area contributed by atoms with Crippen LogP contribution in [0.25, 0.3) is 0 Å². The highest BCUT2D eigenvalue weighted by Crippen LogP contribution is 2.30. The van der Waals surface area contributed by atoms with E-state index in [0.717, 1.165) is 0 Å². The SMILES string of the molecule is CNCC(=O)c1cc(Cl)c(OC)cc1Cl.